The molecule has 0 saturated carbocycles. The van der Waals surface area contributed by atoms with E-state index in [9.17, 15) is 4.79 Å². The van der Waals surface area contributed by atoms with E-state index in [1.54, 1.807) is 24.2 Å². The molecule has 220 valence electrons. The third kappa shape index (κ3) is 6.87. The van der Waals surface area contributed by atoms with Crippen molar-refractivity contribution in [2.75, 3.05) is 32.1 Å². The minimum Gasteiger partial charge on any atom is -0.494 e. The molecule has 0 spiro atoms. The Morgan fingerprint density at radius 2 is 1.88 bits per heavy atom. The monoisotopic (exact) mass is 566 g/mol. The van der Waals surface area contributed by atoms with Crippen LogP contribution >= 0.6 is 0 Å². The molecule has 1 saturated heterocycles. The van der Waals surface area contributed by atoms with Gasteiger partial charge < -0.3 is 15.0 Å². The van der Waals surface area contributed by atoms with Gasteiger partial charge in [0.2, 0.25) is 0 Å². The normalized spacial score (nSPS) is 13.8. The number of rotatable bonds is 10. The number of carbonyl (C=O) groups is 1. The summed E-state index contributed by atoms with van der Waals surface area (Å²) in [6, 6.07) is 13.7. The highest BCUT2D eigenvalue weighted by atomic mass is 16.5. The van der Waals surface area contributed by atoms with E-state index >= 15 is 0 Å². The number of hydrogen-bond donors (Lipinski definition) is 1. The van der Waals surface area contributed by atoms with E-state index in [4.69, 9.17) is 4.74 Å². The van der Waals surface area contributed by atoms with Gasteiger partial charge >= 0.3 is 0 Å². The molecular weight excluding hydrogens is 524 g/mol. The number of aromatic nitrogens is 4. The Bertz CT molecular complexity index is 1520. The van der Waals surface area contributed by atoms with E-state index < -0.39 is 0 Å². The van der Waals surface area contributed by atoms with Crippen molar-refractivity contribution in [3.63, 3.8) is 0 Å². The summed E-state index contributed by atoms with van der Waals surface area (Å²) in [7, 11) is 1.68. The lowest BCUT2D eigenvalue weighted by Crippen LogP contribution is -2.20. The zero-order chi connectivity index (χ0) is 29.7. The Hall–Kier alpha value is -4.04. The van der Waals surface area contributed by atoms with E-state index in [1.165, 1.54) is 31.5 Å². The van der Waals surface area contributed by atoms with Crippen molar-refractivity contribution in [1.29, 1.82) is 0 Å². The van der Waals surface area contributed by atoms with Crippen LogP contribution in [0.3, 0.4) is 0 Å². The summed E-state index contributed by atoms with van der Waals surface area (Å²) >= 11 is 0. The fourth-order valence-electron chi connectivity index (χ4n) is 5.52. The lowest BCUT2D eigenvalue weighted by molar-refractivity contribution is 0.102. The molecule has 2 aromatic heterocycles. The SMILES string of the molecule is COc1c(CCCCN2CCCC2)cc(C(C)(C)C)cc1NC(=O)c1ccc(C)c(-n2cc(-c3cccnc3)nn2)c1. The third-order valence-corrected chi connectivity index (χ3v) is 8.02. The zero-order valence-electron chi connectivity index (χ0n) is 25.5. The van der Waals surface area contributed by atoms with E-state index in [0.29, 0.717) is 16.9 Å². The number of ether oxygens (including phenoxy) is 1. The molecule has 5 rings (SSSR count). The maximum Gasteiger partial charge on any atom is 0.255 e. The number of benzene rings is 2. The number of anilines is 1. The molecule has 2 aromatic carbocycles. The van der Waals surface area contributed by atoms with Crippen molar-refractivity contribution in [2.24, 2.45) is 0 Å². The minimum absolute atomic E-state index is 0.0772. The number of unbranched alkanes of at least 4 members (excludes halogenated alkanes) is 1. The molecule has 0 atom stereocenters. The average molecular weight is 567 g/mol. The van der Waals surface area contributed by atoms with Gasteiger partial charge in [-0.1, -0.05) is 38.1 Å². The van der Waals surface area contributed by atoms with E-state index in [-0.39, 0.29) is 11.3 Å². The van der Waals surface area contributed by atoms with Gasteiger partial charge in [0.25, 0.3) is 5.91 Å². The fraction of sp³-hybridized carbons (Fsp3) is 0.412. The molecule has 4 aromatic rings. The maximum absolute atomic E-state index is 13.7. The molecule has 0 aliphatic carbocycles. The zero-order valence-corrected chi connectivity index (χ0v) is 25.5. The van der Waals surface area contributed by atoms with Crippen molar-refractivity contribution in [3.8, 4) is 22.7 Å². The summed E-state index contributed by atoms with van der Waals surface area (Å²) in [6.45, 7) is 12.2. The minimum atomic E-state index is -0.201. The standard InChI is InChI=1S/C34H42N6O2/c1-24-13-14-26(20-31(24)40-23-30(37-38-40)27-12-10-15-35-22-27)33(41)36-29-21-28(34(2,3)4)19-25(32(29)42-5)11-6-7-16-39-17-8-9-18-39/h10,12-15,19-23H,6-9,11,16-18H2,1-5H3,(H,36,41). The van der Waals surface area contributed by atoms with Gasteiger partial charge in [-0.05, 0) is 111 Å². The molecule has 1 aliphatic rings. The maximum atomic E-state index is 13.7. The molecule has 1 fully saturated rings. The number of hydrogen-bond acceptors (Lipinski definition) is 6. The first-order valence-electron chi connectivity index (χ1n) is 14.9. The van der Waals surface area contributed by atoms with Gasteiger partial charge in [-0.3, -0.25) is 9.78 Å². The van der Waals surface area contributed by atoms with E-state index in [0.717, 1.165) is 53.9 Å². The van der Waals surface area contributed by atoms with Gasteiger partial charge in [0.05, 0.1) is 24.7 Å². The topological polar surface area (TPSA) is 85.2 Å². The number of nitrogens with one attached hydrogen (secondary N) is 1. The molecule has 3 heterocycles. The molecule has 1 amide bonds. The van der Waals surface area contributed by atoms with Crippen LogP contribution < -0.4 is 10.1 Å². The number of methoxy groups -OCH3 is 1. The predicted molar refractivity (Wildman–Crippen MR) is 168 cm³/mol. The van der Waals surface area contributed by atoms with Crippen LogP contribution in [0, 0.1) is 6.92 Å². The summed E-state index contributed by atoms with van der Waals surface area (Å²) in [5.41, 5.74) is 6.83. The molecular formula is C34H42N6O2. The Labute approximate surface area is 249 Å². The van der Waals surface area contributed by atoms with Gasteiger partial charge in [-0.2, -0.15) is 0 Å². The highest BCUT2D eigenvalue weighted by Crippen LogP contribution is 2.36. The number of aryl methyl sites for hydroxylation is 2. The molecule has 8 heteroatoms. The van der Waals surface area contributed by atoms with Gasteiger partial charge in [-0.25, -0.2) is 4.68 Å². The molecule has 0 radical (unpaired) electrons. The van der Waals surface area contributed by atoms with Gasteiger partial charge in [0.15, 0.2) is 0 Å². The summed E-state index contributed by atoms with van der Waals surface area (Å²) in [5, 5.41) is 11.8. The van der Waals surface area contributed by atoms with Crippen molar-refractivity contribution in [2.45, 2.75) is 65.2 Å². The Kier molecular flexibility index (Phi) is 9.02. The third-order valence-electron chi connectivity index (χ3n) is 8.02. The molecule has 1 aliphatic heterocycles. The van der Waals surface area contributed by atoms with Crippen LogP contribution in [0.2, 0.25) is 0 Å². The second-order valence-corrected chi connectivity index (χ2v) is 12.2. The van der Waals surface area contributed by atoms with Gasteiger partial charge in [-0.15, -0.1) is 5.10 Å². The van der Waals surface area contributed by atoms with Crippen LogP contribution in [0.5, 0.6) is 5.75 Å². The number of likely N-dealkylation sites (tertiary alicyclic amines) is 1. The number of amides is 1. The first kappa shape index (κ1) is 29.5. The van der Waals surface area contributed by atoms with Crippen LogP contribution in [0.25, 0.3) is 16.9 Å². The molecule has 0 bridgehead atoms. The average Bonchev–Trinajstić information content (AvgIpc) is 3.68. The van der Waals surface area contributed by atoms with Crippen LogP contribution in [0.1, 0.15) is 73.5 Å². The van der Waals surface area contributed by atoms with Crippen molar-refractivity contribution in [1.82, 2.24) is 24.9 Å². The lowest BCUT2D eigenvalue weighted by Gasteiger charge is -2.24. The summed E-state index contributed by atoms with van der Waals surface area (Å²) in [4.78, 5) is 20.4. The Balaban J connectivity index is 1.38. The van der Waals surface area contributed by atoms with Crippen LogP contribution in [-0.4, -0.2) is 57.5 Å². The Morgan fingerprint density at radius 1 is 1.07 bits per heavy atom. The Morgan fingerprint density at radius 3 is 2.60 bits per heavy atom. The smallest absolute Gasteiger partial charge is 0.255 e. The van der Waals surface area contributed by atoms with Gasteiger partial charge in [0.1, 0.15) is 11.4 Å². The van der Waals surface area contributed by atoms with Crippen molar-refractivity contribution < 1.29 is 9.53 Å². The second kappa shape index (κ2) is 12.9. The van der Waals surface area contributed by atoms with Crippen LogP contribution in [0.15, 0.2) is 61.1 Å². The van der Waals surface area contributed by atoms with Crippen LogP contribution in [-0.2, 0) is 11.8 Å². The highest BCUT2D eigenvalue weighted by molar-refractivity contribution is 6.05. The van der Waals surface area contributed by atoms with E-state index in [1.807, 2.05) is 43.5 Å². The first-order chi connectivity index (χ1) is 20.2. The summed E-state index contributed by atoms with van der Waals surface area (Å²) in [5.74, 6) is 0.537. The summed E-state index contributed by atoms with van der Waals surface area (Å²) < 4.78 is 7.62. The lowest BCUT2D eigenvalue weighted by atomic mass is 9.85. The highest BCUT2D eigenvalue weighted by Gasteiger charge is 2.22. The van der Waals surface area contributed by atoms with Crippen LogP contribution in [0.4, 0.5) is 5.69 Å². The van der Waals surface area contributed by atoms with E-state index in [2.05, 4.69) is 58.4 Å². The van der Waals surface area contributed by atoms with Crippen molar-refractivity contribution in [3.05, 3.63) is 83.3 Å². The molecule has 1 N–H and O–H groups in total. The van der Waals surface area contributed by atoms with Gasteiger partial charge in [0, 0.05) is 23.5 Å². The number of nitrogens with zero attached hydrogens (tertiary/aromatic N) is 5. The molecule has 42 heavy (non-hydrogen) atoms. The molecule has 8 nitrogen and oxygen atoms in total. The second-order valence-electron chi connectivity index (χ2n) is 12.2. The van der Waals surface area contributed by atoms with Crippen molar-refractivity contribution >= 4 is 11.6 Å². The first-order valence-corrected chi connectivity index (χ1v) is 14.9. The number of pyridine rings is 1. The summed E-state index contributed by atoms with van der Waals surface area (Å²) in [6.07, 6.45) is 11.1. The quantitative estimate of drug-likeness (QED) is 0.217. The fourth-order valence-corrected chi connectivity index (χ4v) is 5.52. The number of carbonyl (C=O) groups excluding carboxylic acids is 1. The molecule has 0 unspecified atom stereocenters. The predicted octanol–water partition coefficient (Wildman–Crippen LogP) is 6.61. The largest absolute Gasteiger partial charge is 0.494 e.